The van der Waals surface area contributed by atoms with Crippen molar-refractivity contribution in [1.82, 2.24) is 4.72 Å². The van der Waals surface area contributed by atoms with Gasteiger partial charge in [0.25, 0.3) is 10.0 Å². The summed E-state index contributed by atoms with van der Waals surface area (Å²) in [7, 11) is -3.95. The summed E-state index contributed by atoms with van der Waals surface area (Å²) in [6.45, 7) is 0. The predicted octanol–water partition coefficient (Wildman–Crippen LogP) is 3.53. The summed E-state index contributed by atoms with van der Waals surface area (Å²) in [5, 5.41) is 0.897. The number of carbonyl (C=O) groups is 1. The van der Waals surface area contributed by atoms with Gasteiger partial charge >= 0.3 is 0 Å². The van der Waals surface area contributed by atoms with Crippen molar-refractivity contribution in [3.05, 3.63) is 63.6 Å². The Hall–Kier alpha value is -1.56. The number of halogens is 2. The number of hydrogen-bond acceptors (Lipinski definition) is 3. The molecule has 0 fully saturated rings. The van der Waals surface area contributed by atoms with Crippen LogP contribution in [0.3, 0.4) is 0 Å². The molecule has 1 amide bonds. The van der Waals surface area contributed by atoms with Crippen LogP contribution >= 0.6 is 23.2 Å². The van der Waals surface area contributed by atoms with Gasteiger partial charge in [0.2, 0.25) is 5.91 Å². The topological polar surface area (TPSA) is 63.2 Å². The summed E-state index contributed by atoms with van der Waals surface area (Å²) in [6.07, 6.45) is 1.19. The van der Waals surface area contributed by atoms with E-state index < -0.39 is 21.8 Å². The molecule has 0 aromatic heterocycles. The summed E-state index contributed by atoms with van der Waals surface area (Å²) < 4.78 is 26.8. The van der Waals surface area contributed by atoms with Gasteiger partial charge < -0.3 is 0 Å². The van der Waals surface area contributed by atoms with E-state index in [0.29, 0.717) is 22.9 Å². The van der Waals surface area contributed by atoms with Crippen molar-refractivity contribution in [2.45, 2.75) is 23.7 Å². The fourth-order valence-corrected chi connectivity index (χ4v) is 4.37. The second-order valence-electron chi connectivity index (χ2n) is 5.33. The Morgan fingerprint density at radius 3 is 2.61 bits per heavy atom. The van der Waals surface area contributed by atoms with Crippen LogP contribution < -0.4 is 4.72 Å². The minimum atomic E-state index is -3.95. The summed E-state index contributed by atoms with van der Waals surface area (Å²) in [5.41, 5.74) is 1.70. The Labute approximate surface area is 144 Å². The number of rotatable bonds is 3. The van der Waals surface area contributed by atoms with Crippen molar-refractivity contribution in [1.29, 1.82) is 0 Å². The number of fused-ring (bicyclic) bond motifs is 1. The maximum Gasteiger partial charge on any atom is 0.264 e. The van der Waals surface area contributed by atoms with E-state index in [1.54, 1.807) is 18.2 Å². The highest BCUT2D eigenvalue weighted by Gasteiger charge is 2.32. The van der Waals surface area contributed by atoms with Crippen LogP contribution in [0.25, 0.3) is 0 Å². The zero-order valence-corrected chi connectivity index (χ0v) is 14.3. The van der Waals surface area contributed by atoms with Crippen LogP contribution in [-0.4, -0.2) is 14.3 Å². The Kier molecular flexibility index (Phi) is 4.36. The molecular formula is C16H13Cl2NO3S. The van der Waals surface area contributed by atoms with E-state index in [2.05, 4.69) is 4.72 Å². The molecule has 23 heavy (non-hydrogen) atoms. The zero-order valence-electron chi connectivity index (χ0n) is 11.9. The lowest BCUT2D eigenvalue weighted by Crippen LogP contribution is -2.34. The molecule has 2 aromatic carbocycles. The fraction of sp³-hybridized carbons (Fsp3) is 0.188. The van der Waals surface area contributed by atoms with E-state index in [9.17, 15) is 13.2 Å². The molecule has 0 spiro atoms. The molecule has 0 saturated carbocycles. The molecule has 3 rings (SSSR count). The Morgan fingerprint density at radius 2 is 1.87 bits per heavy atom. The van der Waals surface area contributed by atoms with E-state index in [1.165, 1.54) is 18.2 Å². The van der Waals surface area contributed by atoms with E-state index in [4.69, 9.17) is 23.2 Å². The largest absolute Gasteiger partial charge is 0.273 e. The second kappa shape index (κ2) is 6.15. The maximum atomic E-state index is 12.4. The molecule has 1 unspecified atom stereocenters. The van der Waals surface area contributed by atoms with Gasteiger partial charge in [-0.2, -0.15) is 0 Å². The average Bonchev–Trinajstić information content (AvgIpc) is 2.92. The number of hydrogen-bond donors (Lipinski definition) is 1. The van der Waals surface area contributed by atoms with Gasteiger partial charge in [-0.1, -0.05) is 41.4 Å². The Morgan fingerprint density at radius 1 is 1.13 bits per heavy atom. The van der Waals surface area contributed by atoms with Crippen LogP contribution in [0.15, 0.2) is 47.4 Å². The molecule has 0 bridgehead atoms. The SMILES string of the molecule is O=C(NS(=O)(=O)c1cccc(Cl)c1)C1CCc2c(Cl)cccc21. The van der Waals surface area contributed by atoms with E-state index in [1.807, 2.05) is 6.07 Å². The average molecular weight is 370 g/mol. The van der Waals surface area contributed by atoms with Crippen LogP contribution in [-0.2, 0) is 21.2 Å². The Balaban J connectivity index is 1.85. The highest BCUT2D eigenvalue weighted by Crippen LogP contribution is 2.37. The summed E-state index contributed by atoms with van der Waals surface area (Å²) in [6, 6.07) is 11.1. The number of sulfonamides is 1. The third-order valence-corrected chi connectivity index (χ3v) is 5.81. The van der Waals surface area contributed by atoms with Crippen LogP contribution in [0.1, 0.15) is 23.5 Å². The van der Waals surface area contributed by atoms with Gasteiger partial charge in [0.05, 0.1) is 10.8 Å². The first-order chi connectivity index (χ1) is 10.9. The third-order valence-electron chi connectivity index (χ3n) is 3.87. The molecule has 7 heteroatoms. The second-order valence-corrected chi connectivity index (χ2v) is 7.85. The van der Waals surface area contributed by atoms with Crippen molar-refractivity contribution in [3.63, 3.8) is 0 Å². The molecule has 0 radical (unpaired) electrons. The summed E-state index contributed by atoms with van der Waals surface area (Å²) >= 11 is 11.9. The van der Waals surface area contributed by atoms with Gasteiger partial charge in [-0.3, -0.25) is 4.79 Å². The predicted molar refractivity (Wildman–Crippen MR) is 89.3 cm³/mol. The first-order valence-corrected chi connectivity index (χ1v) is 9.22. The van der Waals surface area contributed by atoms with E-state index >= 15 is 0 Å². The van der Waals surface area contributed by atoms with Crippen molar-refractivity contribution in [3.8, 4) is 0 Å². The summed E-state index contributed by atoms with van der Waals surface area (Å²) in [4.78, 5) is 12.4. The number of benzene rings is 2. The Bertz CT molecular complexity index is 881. The highest BCUT2D eigenvalue weighted by atomic mass is 35.5. The molecule has 0 aliphatic heterocycles. The molecule has 1 aliphatic carbocycles. The molecule has 1 aliphatic rings. The lowest BCUT2D eigenvalue weighted by atomic mass is 10.0. The van der Waals surface area contributed by atoms with Crippen LogP contribution in [0.4, 0.5) is 0 Å². The maximum absolute atomic E-state index is 12.4. The third kappa shape index (κ3) is 3.22. The minimum absolute atomic E-state index is 0.0392. The van der Waals surface area contributed by atoms with Gasteiger partial charge in [0, 0.05) is 10.0 Å². The van der Waals surface area contributed by atoms with Crippen molar-refractivity contribution in [2.75, 3.05) is 0 Å². The molecule has 120 valence electrons. The molecular weight excluding hydrogens is 357 g/mol. The first kappa shape index (κ1) is 16.3. The lowest BCUT2D eigenvalue weighted by Gasteiger charge is -2.13. The molecule has 0 heterocycles. The monoisotopic (exact) mass is 369 g/mol. The number of nitrogens with one attached hydrogen (secondary N) is 1. The van der Waals surface area contributed by atoms with Gasteiger partial charge in [-0.15, -0.1) is 0 Å². The standard InChI is InChI=1S/C16H13Cl2NO3S/c17-10-3-1-4-11(9-10)23(21,22)19-16(20)14-8-7-13-12(14)5-2-6-15(13)18/h1-6,9,14H,7-8H2,(H,19,20). The fourth-order valence-electron chi connectivity index (χ4n) is 2.78. The van der Waals surface area contributed by atoms with Crippen LogP contribution in [0.5, 0.6) is 0 Å². The molecule has 2 aromatic rings. The smallest absolute Gasteiger partial charge is 0.264 e. The quantitative estimate of drug-likeness (QED) is 0.899. The van der Waals surface area contributed by atoms with Crippen LogP contribution in [0, 0.1) is 0 Å². The van der Waals surface area contributed by atoms with Crippen LogP contribution in [0.2, 0.25) is 10.0 Å². The lowest BCUT2D eigenvalue weighted by molar-refractivity contribution is -0.120. The normalized spacial score (nSPS) is 16.9. The first-order valence-electron chi connectivity index (χ1n) is 6.98. The zero-order chi connectivity index (χ0) is 16.6. The van der Waals surface area contributed by atoms with Gasteiger partial charge in [0.1, 0.15) is 0 Å². The van der Waals surface area contributed by atoms with Gasteiger partial charge in [-0.05, 0) is 48.2 Å². The summed E-state index contributed by atoms with van der Waals surface area (Å²) in [5.74, 6) is -1.07. The molecule has 0 saturated heterocycles. The number of amides is 1. The molecule has 1 atom stereocenters. The van der Waals surface area contributed by atoms with Crippen molar-refractivity contribution < 1.29 is 13.2 Å². The van der Waals surface area contributed by atoms with E-state index in [0.717, 1.165) is 11.1 Å². The molecule has 1 N–H and O–H groups in total. The highest BCUT2D eigenvalue weighted by molar-refractivity contribution is 7.90. The van der Waals surface area contributed by atoms with Crippen molar-refractivity contribution >= 4 is 39.1 Å². The van der Waals surface area contributed by atoms with Gasteiger partial charge in [-0.25, -0.2) is 13.1 Å². The molecule has 4 nitrogen and oxygen atoms in total. The number of carbonyl (C=O) groups excluding carboxylic acids is 1. The van der Waals surface area contributed by atoms with Crippen molar-refractivity contribution in [2.24, 2.45) is 0 Å². The minimum Gasteiger partial charge on any atom is -0.273 e. The van der Waals surface area contributed by atoms with Gasteiger partial charge in [0.15, 0.2) is 0 Å². The van der Waals surface area contributed by atoms with E-state index in [-0.39, 0.29) is 4.90 Å².